The molecule has 1 saturated heterocycles. The number of hydrogen-bond acceptors (Lipinski definition) is 4. The summed E-state index contributed by atoms with van der Waals surface area (Å²) in [6.07, 6.45) is 6.96. The van der Waals surface area contributed by atoms with E-state index in [1.165, 1.54) is 6.42 Å². The first-order valence-electron chi connectivity index (χ1n) is 8.12. The van der Waals surface area contributed by atoms with Gasteiger partial charge >= 0.3 is 0 Å². The van der Waals surface area contributed by atoms with Gasteiger partial charge in [0, 0.05) is 30.5 Å². The highest BCUT2D eigenvalue weighted by Crippen LogP contribution is 2.18. The fraction of sp³-hybridized carbons (Fsp3) is 0.278. The molecule has 0 unspecified atom stereocenters. The lowest BCUT2D eigenvalue weighted by molar-refractivity contribution is 0.569. The van der Waals surface area contributed by atoms with Gasteiger partial charge in [0.2, 0.25) is 5.95 Å². The lowest BCUT2D eigenvalue weighted by Crippen LogP contribution is -2.31. The molecule has 24 heavy (non-hydrogen) atoms. The quantitative estimate of drug-likeness (QED) is 0.717. The van der Waals surface area contributed by atoms with E-state index in [9.17, 15) is 4.79 Å². The molecule has 1 aliphatic rings. The smallest absolute Gasteiger partial charge is 0.266 e. The molecule has 2 aromatic heterocycles. The second-order valence-electron chi connectivity index (χ2n) is 5.99. The highest BCUT2D eigenvalue weighted by molar-refractivity contribution is 6.30. The SMILES string of the molecule is O=c1c2cnc(N3CCCCC3)nc2ccn1-c1cccc(Cl)c1. The average Bonchev–Trinajstić information content (AvgIpc) is 2.62. The standard InChI is InChI=1S/C18H17ClN4O/c19-13-5-4-6-14(11-13)23-10-7-16-15(17(23)24)12-20-18(21-16)22-8-2-1-3-9-22/h4-7,10-12H,1-3,8-9H2. The molecule has 0 radical (unpaired) electrons. The summed E-state index contributed by atoms with van der Waals surface area (Å²) in [4.78, 5) is 23.9. The van der Waals surface area contributed by atoms with E-state index in [0.717, 1.165) is 31.6 Å². The summed E-state index contributed by atoms with van der Waals surface area (Å²) in [6.45, 7) is 1.95. The molecule has 5 nitrogen and oxygen atoms in total. The maximum atomic E-state index is 12.8. The van der Waals surface area contributed by atoms with Gasteiger partial charge in [0.1, 0.15) is 0 Å². The van der Waals surface area contributed by atoms with Crippen LogP contribution in [0.15, 0.2) is 47.5 Å². The van der Waals surface area contributed by atoms with E-state index in [2.05, 4.69) is 14.9 Å². The van der Waals surface area contributed by atoms with Gasteiger partial charge < -0.3 is 4.90 Å². The fourth-order valence-corrected chi connectivity index (χ4v) is 3.28. The van der Waals surface area contributed by atoms with Crippen LogP contribution < -0.4 is 10.5 Å². The fourth-order valence-electron chi connectivity index (χ4n) is 3.10. The molecule has 122 valence electrons. The molecule has 3 heterocycles. The van der Waals surface area contributed by atoms with E-state index in [1.807, 2.05) is 18.2 Å². The molecule has 0 N–H and O–H groups in total. The molecule has 1 aromatic carbocycles. The number of pyridine rings is 1. The first-order valence-corrected chi connectivity index (χ1v) is 8.49. The molecule has 0 spiro atoms. The number of anilines is 1. The Morgan fingerprint density at radius 2 is 1.92 bits per heavy atom. The first-order chi connectivity index (χ1) is 11.7. The van der Waals surface area contributed by atoms with Crippen molar-refractivity contribution in [3.8, 4) is 5.69 Å². The van der Waals surface area contributed by atoms with Crippen molar-refractivity contribution in [1.82, 2.24) is 14.5 Å². The van der Waals surface area contributed by atoms with Gasteiger partial charge in [0.05, 0.1) is 16.6 Å². The Kier molecular flexibility index (Phi) is 3.94. The highest BCUT2D eigenvalue weighted by atomic mass is 35.5. The number of benzene rings is 1. The zero-order valence-electron chi connectivity index (χ0n) is 13.2. The maximum Gasteiger partial charge on any atom is 0.266 e. The van der Waals surface area contributed by atoms with Crippen molar-refractivity contribution < 1.29 is 0 Å². The zero-order valence-corrected chi connectivity index (χ0v) is 13.9. The van der Waals surface area contributed by atoms with E-state index < -0.39 is 0 Å². The van der Waals surface area contributed by atoms with Gasteiger partial charge in [-0.1, -0.05) is 17.7 Å². The topological polar surface area (TPSA) is 51.0 Å². The number of aromatic nitrogens is 3. The van der Waals surface area contributed by atoms with Gasteiger partial charge in [-0.25, -0.2) is 9.97 Å². The molecule has 4 rings (SSSR count). The van der Waals surface area contributed by atoms with Gasteiger partial charge in [0.15, 0.2) is 0 Å². The third kappa shape index (κ3) is 2.76. The van der Waals surface area contributed by atoms with E-state index in [1.54, 1.807) is 29.1 Å². The summed E-state index contributed by atoms with van der Waals surface area (Å²) in [5, 5.41) is 1.11. The Bertz CT molecular complexity index is 947. The number of nitrogens with zero attached hydrogens (tertiary/aromatic N) is 4. The minimum absolute atomic E-state index is 0.139. The Balaban J connectivity index is 1.78. The van der Waals surface area contributed by atoms with Crippen LogP contribution in [0.5, 0.6) is 0 Å². The summed E-state index contributed by atoms with van der Waals surface area (Å²) in [5.41, 5.74) is 1.27. The van der Waals surface area contributed by atoms with Gasteiger partial charge in [-0.15, -0.1) is 0 Å². The van der Waals surface area contributed by atoms with Gasteiger partial charge in [0.25, 0.3) is 5.56 Å². The second kappa shape index (κ2) is 6.24. The summed E-state index contributed by atoms with van der Waals surface area (Å²) in [5.74, 6) is 0.710. The van der Waals surface area contributed by atoms with Crippen molar-refractivity contribution in [1.29, 1.82) is 0 Å². The summed E-state index contributed by atoms with van der Waals surface area (Å²) in [6, 6.07) is 9.07. The van der Waals surface area contributed by atoms with Crippen LogP contribution in [0.25, 0.3) is 16.6 Å². The lowest BCUT2D eigenvalue weighted by atomic mass is 10.1. The van der Waals surface area contributed by atoms with Gasteiger partial charge in [-0.2, -0.15) is 0 Å². The molecule has 0 amide bonds. The van der Waals surface area contributed by atoms with Crippen molar-refractivity contribution in [2.45, 2.75) is 19.3 Å². The predicted octanol–water partition coefficient (Wildman–Crippen LogP) is 3.42. The third-order valence-electron chi connectivity index (χ3n) is 4.36. The van der Waals surface area contributed by atoms with E-state index >= 15 is 0 Å². The van der Waals surface area contributed by atoms with Crippen LogP contribution >= 0.6 is 11.6 Å². The van der Waals surface area contributed by atoms with Crippen LogP contribution in [0.4, 0.5) is 5.95 Å². The molecule has 0 atom stereocenters. The van der Waals surface area contributed by atoms with Crippen LogP contribution in [-0.4, -0.2) is 27.6 Å². The van der Waals surface area contributed by atoms with E-state index in [0.29, 0.717) is 21.9 Å². The highest BCUT2D eigenvalue weighted by Gasteiger charge is 2.15. The number of hydrogen-bond donors (Lipinski definition) is 0. The molecular formula is C18H17ClN4O. The summed E-state index contributed by atoms with van der Waals surface area (Å²) < 4.78 is 1.57. The lowest BCUT2D eigenvalue weighted by Gasteiger charge is -2.26. The largest absolute Gasteiger partial charge is 0.341 e. The molecular weight excluding hydrogens is 324 g/mol. The van der Waals surface area contributed by atoms with Crippen LogP contribution in [0.3, 0.4) is 0 Å². The molecule has 1 fully saturated rings. The van der Waals surface area contributed by atoms with Crippen molar-refractivity contribution in [3.63, 3.8) is 0 Å². The summed E-state index contributed by atoms with van der Waals surface area (Å²) in [7, 11) is 0. The second-order valence-corrected chi connectivity index (χ2v) is 6.42. The number of halogens is 1. The predicted molar refractivity (Wildman–Crippen MR) is 96.2 cm³/mol. The van der Waals surface area contributed by atoms with Crippen LogP contribution in [0.2, 0.25) is 5.02 Å². The molecule has 3 aromatic rings. The van der Waals surface area contributed by atoms with Gasteiger partial charge in [-0.05, 0) is 43.5 Å². The van der Waals surface area contributed by atoms with Crippen LogP contribution in [0, 0.1) is 0 Å². The Morgan fingerprint density at radius 3 is 2.71 bits per heavy atom. The van der Waals surface area contributed by atoms with Crippen molar-refractivity contribution >= 4 is 28.5 Å². The van der Waals surface area contributed by atoms with E-state index in [-0.39, 0.29) is 5.56 Å². The molecule has 6 heteroatoms. The molecule has 0 saturated carbocycles. The Hall–Kier alpha value is -2.40. The Labute approximate surface area is 144 Å². The summed E-state index contributed by atoms with van der Waals surface area (Å²) >= 11 is 6.03. The van der Waals surface area contributed by atoms with Crippen molar-refractivity contribution in [2.24, 2.45) is 0 Å². The molecule has 0 aliphatic carbocycles. The monoisotopic (exact) mass is 340 g/mol. The third-order valence-corrected chi connectivity index (χ3v) is 4.60. The molecule has 1 aliphatic heterocycles. The van der Waals surface area contributed by atoms with E-state index in [4.69, 9.17) is 11.6 Å². The normalized spacial score (nSPS) is 15.0. The van der Waals surface area contributed by atoms with Crippen LogP contribution in [-0.2, 0) is 0 Å². The molecule has 0 bridgehead atoms. The van der Waals surface area contributed by atoms with Crippen molar-refractivity contribution in [2.75, 3.05) is 18.0 Å². The average molecular weight is 341 g/mol. The number of piperidine rings is 1. The first kappa shape index (κ1) is 15.1. The number of rotatable bonds is 2. The Morgan fingerprint density at radius 1 is 1.08 bits per heavy atom. The minimum atomic E-state index is -0.139. The maximum absolute atomic E-state index is 12.8. The number of fused-ring (bicyclic) bond motifs is 1. The van der Waals surface area contributed by atoms with Crippen molar-refractivity contribution in [3.05, 3.63) is 58.1 Å². The zero-order chi connectivity index (χ0) is 16.5. The van der Waals surface area contributed by atoms with Crippen LogP contribution in [0.1, 0.15) is 19.3 Å². The minimum Gasteiger partial charge on any atom is -0.341 e. The van der Waals surface area contributed by atoms with Gasteiger partial charge in [-0.3, -0.25) is 9.36 Å².